The molecule has 0 spiro atoms. The smallest absolute Gasteiger partial charge is 0.0618 e. The molecule has 1 heterocycles. The van der Waals surface area contributed by atoms with Crippen LogP contribution in [0.2, 0.25) is 0 Å². The van der Waals surface area contributed by atoms with Gasteiger partial charge in [-0.25, -0.2) is 0 Å². The fourth-order valence-corrected chi connectivity index (χ4v) is 10.9. The highest BCUT2D eigenvalue weighted by Crippen LogP contribution is 2.52. The van der Waals surface area contributed by atoms with E-state index in [2.05, 4.69) is 253 Å². The Balaban J connectivity index is 1.08. The van der Waals surface area contributed by atoms with Gasteiger partial charge in [0, 0.05) is 38.6 Å². The van der Waals surface area contributed by atoms with Crippen molar-refractivity contribution in [1.82, 2.24) is 4.57 Å². The predicted octanol–water partition coefficient (Wildman–Crippen LogP) is 17.9. The first-order chi connectivity index (χ1) is 32.7. The first kappa shape index (κ1) is 38.0. The van der Waals surface area contributed by atoms with Gasteiger partial charge in [0.15, 0.2) is 0 Å². The molecule has 0 unspecified atom stereocenters. The molecule has 12 aromatic carbocycles. The normalized spacial score (nSPS) is 11.8. The first-order valence-electron chi connectivity index (χ1n) is 23.1. The van der Waals surface area contributed by atoms with Crippen molar-refractivity contribution in [3.05, 3.63) is 242 Å². The highest BCUT2D eigenvalue weighted by molar-refractivity contribution is 6.30. The second kappa shape index (κ2) is 15.4. The molecule has 310 valence electrons. The third-order valence-corrected chi connectivity index (χ3v) is 13.9. The van der Waals surface area contributed by atoms with E-state index in [4.69, 9.17) is 0 Å². The van der Waals surface area contributed by atoms with Crippen LogP contribution < -0.4 is 4.90 Å². The number of aromatic nitrogens is 1. The number of rotatable bonds is 7. The number of nitrogens with zero attached hydrogens (tertiary/aromatic N) is 2. The molecule has 13 rings (SSSR count). The molecule has 1 aromatic heterocycles. The maximum absolute atomic E-state index is 2.47. The lowest BCUT2D eigenvalue weighted by atomic mass is 9.81. The highest BCUT2D eigenvalue weighted by Gasteiger charge is 2.25. The molecule has 0 aliphatic heterocycles. The molecule has 0 N–H and O–H groups in total. The van der Waals surface area contributed by atoms with Crippen LogP contribution in [0.3, 0.4) is 0 Å². The van der Waals surface area contributed by atoms with Crippen LogP contribution in [0.15, 0.2) is 237 Å². The molecule has 2 nitrogen and oxygen atoms in total. The van der Waals surface area contributed by atoms with Crippen molar-refractivity contribution in [2.45, 2.75) is 13.3 Å². The summed E-state index contributed by atoms with van der Waals surface area (Å²) in [5.41, 5.74) is 13.3. The summed E-state index contributed by atoms with van der Waals surface area (Å²) in [5, 5.41) is 14.9. The molecule has 0 saturated carbocycles. The number of para-hydroxylation sites is 3. The van der Waals surface area contributed by atoms with E-state index in [1.807, 2.05) is 0 Å². The summed E-state index contributed by atoms with van der Waals surface area (Å²) in [4.78, 5) is 2.47. The third kappa shape index (κ3) is 5.89. The fraction of sp³-hybridized carbons (Fsp3) is 0.0312. The van der Waals surface area contributed by atoms with E-state index in [-0.39, 0.29) is 0 Å². The molecule has 0 radical (unpaired) electrons. The highest BCUT2D eigenvalue weighted by atomic mass is 15.1. The first-order valence-corrected chi connectivity index (χ1v) is 23.1. The summed E-state index contributed by atoms with van der Waals surface area (Å²) in [7, 11) is 0. The molecule has 0 fully saturated rings. The Hall–Kier alpha value is -8.46. The zero-order chi connectivity index (χ0) is 43.7. The lowest BCUT2D eigenvalue weighted by Gasteiger charge is -2.30. The van der Waals surface area contributed by atoms with Crippen molar-refractivity contribution >= 4 is 92.7 Å². The van der Waals surface area contributed by atoms with Gasteiger partial charge in [-0.2, -0.15) is 0 Å². The SMILES string of the molecule is CCc1ccc2c(-c3c4ccccc4c(N(c4ccccc4)c4ccc(-n5c6ccccc6c6ccccc65)cc4)c4ccccc34)c3ccccc3c(-c3ccc4ccccc4c3)c2c1. The molecule has 0 bridgehead atoms. The van der Waals surface area contributed by atoms with E-state index in [9.17, 15) is 0 Å². The third-order valence-electron chi connectivity index (χ3n) is 13.9. The summed E-state index contributed by atoms with van der Waals surface area (Å²) in [6, 6.07) is 87.5. The summed E-state index contributed by atoms with van der Waals surface area (Å²) >= 11 is 0. The fourth-order valence-electron chi connectivity index (χ4n) is 10.9. The minimum atomic E-state index is 0.963. The van der Waals surface area contributed by atoms with Gasteiger partial charge in [-0.3, -0.25) is 0 Å². The number of benzene rings is 12. The molecular weight excluding hydrogens is 797 g/mol. The van der Waals surface area contributed by atoms with Crippen molar-refractivity contribution in [3.8, 4) is 27.9 Å². The van der Waals surface area contributed by atoms with Crippen molar-refractivity contribution in [3.63, 3.8) is 0 Å². The van der Waals surface area contributed by atoms with Gasteiger partial charge in [0.2, 0.25) is 0 Å². The van der Waals surface area contributed by atoms with E-state index in [1.54, 1.807) is 0 Å². The lowest BCUT2D eigenvalue weighted by molar-refractivity contribution is 1.15. The van der Waals surface area contributed by atoms with Crippen molar-refractivity contribution < 1.29 is 0 Å². The van der Waals surface area contributed by atoms with Gasteiger partial charge in [0.05, 0.1) is 16.7 Å². The average molecular weight is 841 g/mol. The Morgan fingerprint density at radius 2 is 0.803 bits per heavy atom. The quantitative estimate of drug-likeness (QED) is 0.145. The van der Waals surface area contributed by atoms with E-state index >= 15 is 0 Å². The van der Waals surface area contributed by atoms with Crippen molar-refractivity contribution in [1.29, 1.82) is 0 Å². The molecule has 2 heteroatoms. The molecule has 0 aliphatic carbocycles. The number of anilines is 3. The Kier molecular flexibility index (Phi) is 8.86. The maximum atomic E-state index is 2.47. The molecule has 0 atom stereocenters. The van der Waals surface area contributed by atoms with E-state index in [0.717, 1.165) is 29.2 Å². The van der Waals surface area contributed by atoms with Gasteiger partial charge in [0.25, 0.3) is 0 Å². The summed E-state index contributed by atoms with van der Waals surface area (Å²) in [6.45, 7) is 2.26. The second-order valence-corrected chi connectivity index (χ2v) is 17.5. The van der Waals surface area contributed by atoms with Gasteiger partial charge in [0.1, 0.15) is 0 Å². The topological polar surface area (TPSA) is 8.17 Å². The Labute approximate surface area is 383 Å². The van der Waals surface area contributed by atoms with Gasteiger partial charge < -0.3 is 9.47 Å². The van der Waals surface area contributed by atoms with Gasteiger partial charge in [-0.1, -0.05) is 189 Å². The van der Waals surface area contributed by atoms with Crippen LogP contribution in [0.5, 0.6) is 0 Å². The van der Waals surface area contributed by atoms with Gasteiger partial charge in [-0.15, -0.1) is 0 Å². The molecule has 0 aliphatic rings. The number of fused-ring (bicyclic) bond motifs is 8. The van der Waals surface area contributed by atoms with Crippen LogP contribution in [-0.2, 0) is 6.42 Å². The van der Waals surface area contributed by atoms with Crippen LogP contribution >= 0.6 is 0 Å². The monoisotopic (exact) mass is 840 g/mol. The average Bonchev–Trinajstić information content (AvgIpc) is 3.72. The number of hydrogen-bond donors (Lipinski definition) is 0. The molecule has 0 amide bonds. The minimum absolute atomic E-state index is 0.963. The van der Waals surface area contributed by atoms with Gasteiger partial charge in [-0.05, 0) is 132 Å². The predicted molar refractivity (Wildman–Crippen MR) is 283 cm³/mol. The maximum Gasteiger partial charge on any atom is 0.0618 e. The van der Waals surface area contributed by atoms with Crippen molar-refractivity contribution in [2.24, 2.45) is 0 Å². The number of aryl methyl sites for hydroxylation is 1. The van der Waals surface area contributed by atoms with E-state index < -0.39 is 0 Å². The summed E-state index contributed by atoms with van der Waals surface area (Å²) in [6.07, 6.45) is 0.963. The van der Waals surface area contributed by atoms with Crippen LogP contribution in [0.4, 0.5) is 17.1 Å². The standard InChI is InChI=1S/C64H44N2/c1-2-42-32-39-55-58(40-42)61(45-34-33-43-18-6-7-19-44(43)41-45)51-24-8-9-25-52(51)62(55)63-53-26-10-12-28-56(53)64(57-29-13-11-27-54(57)63)65(46-20-4-3-5-21-46)47-35-37-48(38-36-47)66-59-30-16-14-22-49(59)50-23-15-17-31-60(50)66/h3-41H,2H2,1H3. The van der Waals surface area contributed by atoms with Crippen LogP contribution in [-0.4, -0.2) is 4.57 Å². The van der Waals surface area contributed by atoms with Crippen LogP contribution in [0, 0.1) is 0 Å². The van der Waals surface area contributed by atoms with E-state index in [0.29, 0.717) is 0 Å². The zero-order valence-corrected chi connectivity index (χ0v) is 36.6. The van der Waals surface area contributed by atoms with Crippen LogP contribution in [0.25, 0.3) is 104 Å². The van der Waals surface area contributed by atoms with E-state index in [1.165, 1.54) is 103 Å². The summed E-state index contributed by atoms with van der Waals surface area (Å²) < 4.78 is 2.39. The Morgan fingerprint density at radius 1 is 0.333 bits per heavy atom. The number of hydrogen-bond acceptors (Lipinski definition) is 1. The van der Waals surface area contributed by atoms with Crippen LogP contribution in [0.1, 0.15) is 12.5 Å². The lowest BCUT2D eigenvalue weighted by Crippen LogP contribution is -2.11. The molecular formula is C64H44N2. The minimum Gasteiger partial charge on any atom is -0.309 e. The van der Waals surface area contributed by atoms with Crippen molar-refractivity contribution in [2.75, 3.05) is 4.90 Å². The molecule has 66 heavy (non-hydrogen) atoms. The second-order valence-electron chi connectivity index (χ2n) is 17.5. The Bertz CT molecular complexity index is 3920. The van der Waals surface area contributed by atoms with Gasteiger partial charge >= 0.3 is 0 Å². The molecule has 0 saturated heterocycles. The molecule has 13 aromatic rings. The summed E-state index contributed by atoms with van der Waals surface area (Å²) in [5.74, 6) is 0. The Morgan fingerprint density at radius 3 is 1.41 bits per heavy atom. The largest absolute Gasteiger partial charge is 0.309 e. The zero-order valence-electron chi connectivity index (χ0n) is 36.6.